The smallest absolute Gasteiger partial charge is 0.271 e. The first-order chi connectivity index (χ1) is 12.2. The number of pyridine rings is 1. The summed E-state index contributed by atoms with van der Waals surface area (Å²) < 4.78 is 1.83. The molecule has 1 atom stereocenters. The van der Waals surface area contributed by atoms with Gasteiger partial charge in [0, 0.05) is 18.0 Å². The number of carbonyl (C=O) groups is 1. The van der Waals surface area contributed by atoms with Crippen molar-refractivity contribution in [3.63, 3.8) is 0 Å². The zero-order valence-electron chi connectivity index (χ0n) is 13.3. The Labute approximate surface area is 143 Å². The molecule has 0 bridgehead atoms. The summed E-state index contributed by atoms with van der Waals surface area (Å²) in [6, 6.07) is 5.54. The molecule has 0 spiro atoms. The minimum absolute atomic E-state index is 0.137. The highest BCUT2D eigenvalue weighted by atomic mass is 16.2. The minimum Gasteiger partial charge on any atom is -0.344 e. The normalized spacial score (nSPS) is 16.2. The van der Waals surface area contributed by atoms with E-state index in [-0.39, 0.29) is 23.2 Å². The number of hydrogen-bond donors (Lipinski definition) is 2. The Kier molecular flexibility index (Phi) is 3.85. The van der Waals surface area contributed by atoms with Gasteiger partial charge < -0.3 is 10.3 Å². The van der Waals surface area contributed by atoms with Crippen LogP contribution in [0.5, 0.6) is 0 Å². The van der Waals surface area contributed by atoms with Crippen LogP contribution in [0.3, 0.4) is 0 Å². The molecule has 4 rings (SSSR count). The Morgan fingerprint density at radius 1 is 1.28 bits per heavy atom. The second-order valence-corrected chi connectivity index (χ2v) is 5.86. The molecule has 3 aromatic rings. The number of carbonyl (C=O) groups excluding carboxylic acids is 1. The highest BCUT2D eigenvalue weighted by Crippen LogP contribution is 2.30. The fourth-order valence-electron chi connectivity index (χ4n) is 3.08. The van der Waals surface area contributed by atoms with Crippen molar-refractivity contribution in [2.75, 3.05) is 0 Å². The lowest BCUT2D eigenvalue weighted by atomic mass is 9.93. The molecule has 0 saturated heterocycles. The van der Waals surface area contributed by atoms with E-state index in [2.05, 4.69) is 25.4 Å². The summed E-state index contributed by atoms with van der Waals surface area (Å²) in [5.74, 6) is 0.442. The van der Waals surface area contributed by atoms with Crippen LogP contribution >= 0.6 is 0 Å². The van der Waals surface area contributed by atoms with Gasteiger partial charge in [0.1, 0.15) is 5.69 Å². The zero-order valence-corrected chi connectivity index (χ0v) is 13.3. The van der Waals surface area contributed by atoms with E-state index in [9.17, 15) is 9.59 Å². The molecule has 0 fully saturated rings. The number of nitrogens with one attached hydrogen (secondary N) is 2. The fraction of sp³-hybridized carbons (Fsp3) is 0.235. The largest absolute Gasteiger partial charge is 0.344 e. The third-order valence-corrected chi connectivity index (χ3v) is 4.26. The second-order valence-electron chi connectivity index (χ2n) is 5.86. The molecule has 3 heterocycles. The Morgan fingerprint density at radius 3 is 2.96 bits per heavy atom. The number of aromatic nitrogens is 5. The van der Waals surface area contributed by atoms with E-state index in [0.29, 0.717) is 0 Å². The zero-order chi connectivity index (χ0) is 17.2. The monoisotopic (exact) mass is 336 g/mol. The average molecular weight is 336 g/mol. The highest BCUT2D eigenvalue weighted by Gasteiger charge is 2.26. The van der Waals surface area contributed by atoms with Crippen LogP contribution in [-0.4, -0.2) is 30.6 Å². The van der Waals surface area contributed by atoms with Crippen molar-refractivity contribution in [1.82, 2.24) is 30.0 Å². The van der Waals surface area contributed by atoms with Gasteiger partial charge in [-0.1, -0.05) is 6.07 Å². The van der Waals surface area contributed by atoms with Gasteiger partial charge in [0.2, 0.25) is 0 Å². The van der Waals surface area contributed by atoms with Crippen LogP contribution in [0.15, 0.2) is 47.8 Å². The van der Waals surface area contributed by atoms with E-state index < -0.39 is 0 Å². The maximum absolute atomic E-state index is 12.4. The van der Waals surface area contributed by atoms with Gasteiger partial charge in [-0.2, -0.15) is 5.10 Å². The van der Waals surface area contributed by atoms with Crippen LogP contribution in [0, 0.1) is 0 Å². The molecule has 126 valence electrons. The standard InChI is InChI=1S/C17H16N6O2/c24-16-10-19-13(9-20-16)17(25)22-12-4-3-5-14-11(12)8-21-23(14)15-6-1-2-7-18-15/h1-2,6-10,12H,3-5H2,(H,20,24)(H,22,25). The van der Waals surface area contributed by atoms with E-state index in [1.54, 1.807) is 12.4 Å². The van der Waals surface area contributed by atoms with Gasteiger partial charge in [0.05, 0.1) is 24.1 Å². The Hall–Kier alpha value is -3.29. The molecular weight excluding hydrogens is 320 g/mol. The average Bonchev–Trinajstić information content (AvgIpc) is 3.08. The first kappa shape index (κ1) is 15.3. The van der Waals surface area contributed by atoms with Crippen molar-refractivity contribution in [3.8, 4) is 5.82 Å². The number of nitrogens with zero attached hydrogens (tertiary/aromatic N) is 4. The van der Waals surface area contributed by atoms with Gasteiger partial charge in [0.25, 0.3) is 11.5 Å². The van der Waals surface area contributed by atoms with Gasteiger partial charge >= 0.3 is 0 Å². The van der Waals surface area contributed by atoms with Crippen LogP contribution < -0.4 is 10.9 Å². The molecule has 3 aromatic heterocycles. The summed E-state index contributed by atoms with van der Waals surface area (Å²) >= 11 is 0. The molecule has 1 aliphatic carbocycles. The lowest BCUT2D eigenvalue weighted by Crippen LogP contribution is -2.32. The van der Waals surface area contributed by atoms with Crippen LogP contribution in [0.2, 0.25) is 0 Å². The van der Waals surface area contributed by atoms with E-state index in [1.807, 2.05) is 22.9 Å². The Morgan fingerprint density at radius 2 is 2.20 bits per heavy atom. The molecule has 0 aromatic carbocycles. The van der Waals surface area contributed by atoms with E-state index in [4.69, 9.17) is 0 Å². The molecule has 25 heavy (non-hydrogen) atoms. The predicted molar refractivity (Wildman–Crippen MR) is 89.4 cm³/mol. The molecule has 1 amide bonds. The lowest BCUT2D eigenvalue weighted by Gasteiger charge is -2.23. The molecule has 0 radical (unpaired) electrons. The van der Waals surface area contributed by atoms with E-state index >= 15 is 0 Å². The summed E-state index contributed by atoms with van der Waals surface area (Å²) in [6.45, 7) is 0. The number of H-pyrrole nitrogens is 1. The third kappa shape index (κ3) is 2.93. The Balaban J connectivity index is 1.60. The fourth-order valence-corrected chi connectivity index (χ4v) is 3.08. The van der Waals surface area contributed by atoms with Crippen molar-refractivity contribution in [2.45, 2.75) is 25.3 Å². The van der Waals surface area contributed by atoms with Crippen LogP contribution in [-0.2, 0) is 6.42 Å². The quantitative estimate of drug-likeness (QED) is 0.746. The van der Waals surface area contributed by atoms with Crippen LogP contribution in [0.1, 0.15) is 40.6 Å². The molecule has 1 unspecified atom stereocenters. The molecule has 8 nitrogen and oxygen atoms in total. The van der Waals surface area contributed by atoms with E-state index in [0.717, 1.165) is 42.5 Å². The first-order valence-corrected chi connectivity index (χ1v) is 8.06. The van der Waals surface area contributed by atoms with Gasteiger partial charge in [0.15, 0.2) is 5.82 Å². The Bertz CT molecular complexity index is 942. The van der Waals surface area contributed by atoms with Crippen molar-refractivity contribution >= 4 is 5.91 Å². The molecule has 8 heteroatoms. The summed E-state index contributed by atoms with van der Waals surface area (Å²) in [6.07, 6.45) is 8.58. The molecule has 2 N–H and O–H groups in total. The van der Waals surface area contributed by atoms with Crippen molar-refractivity contribution in [1.29, 1.82) is 0 Å². The number of rotatable bonds is 3. The van der Waals surface area contributed by atoms with Crippen LogP contribution in [0.4, 0.5) is 0 Å². The van der Waals surface area contributed by atoms with Crippen molar-refractivity contribution < 1.29 is 4.79 Å². The SMILES string of the molecule is O=C(NC1CCCc2c1cnn2-c1ccccn1)c1c[nH]c(=O)cn1. The summed E-state index contributed by atoms with van der Waals surface area (Å²) in [7, 11) is 0. The predicted octanol–water partition coefficient (Wildman–Crippen LogP) is 1.16. The van der Waals surface area contributed by atoms with Crippen molar-refractivity contribution in [2.24, 2.45) is 0 Å². The first-order valence-electron chi connectivity index (χ1n) is 8.06. The molecule has 0 aliphatic heterocycles. The van der Waals surface area contributed by atoms with Crippen molar-refractivity contribution in [3.05, 3.63) is 70.3 Å². The topological polar surface area (TPSA) is 106 Å². The summed E-state index contributed by atoms with van der Waals surface area (Å²) in [4.78, 5) is 34.1. The number of amides is 1. The summed E-state index contributed by atoms with van der Waals surface area (Å²) in [5.41, 5.74) is 1.90. The minimum atomic E-state index is -0.340. The van der Waals surface area contributed by atoms with Gasteiger partial charge in [-0.15, -0.1) is 0 Å². The number of aromatic amines is 1. The highest BCUT2D eigenvalue weighted by molar-refractivity contribution is 5.92. The number of hydrogen-bond acceptors (Lipinski definition) is 5. The number of fused-ring (bicyclic) bond motifs is 1. The van der Waals surface area contributed by atoms with Crippen LogP contribution in [0.25, 0.3) is 5.82 Å². The molecular formula is C17H16N6O2. The van der Waals surface area contributed by atoms with Gasteiger partial charge in [-0.05, 0) is 31.4 Å². The second kappa shape index (κ2) is 6.31. The van der Waals surface area contributed by atoms with Gasteiger partial charge in [-0.25, -0.2) is 14.6 Å². The van der Waals surface area contributed by atoms with Gasteiger partial charge in [-0.3, -0.25) is 9.59 Å². The molecule has 1 aliphatic rings. The lowest BCUT2D eigenvalue weighted by molar-refractivity contribution is 0.0927. The summed E-state index contributed by atoms with van der Waals surface area (Å²) in [5, 5.41) is 7.43. The van der Waals surface area contributed by atoms with E-state index in [1.165, 1.54) is 6.20 Å². The maximum atomic E-state index is 12.4. The molecule has 0 saturated carbocycles. The maximum Gasteiger partial charge on any atom is 0.271 e. The third-order valence-electron chi connectivity index (χ3n) is 4.26.